The zero-order chi connectivity index (χ0) is 13.5. The highest BCUT2D eigenvalue weighted by molar-refractivity contribution is 5.57. The van der Waals surface area contributed by atoms with Gasteiger partial charge in [-0.05, 0) is 31.0 Å². The Bertz CT molecular complexity index is 584. The third-order valence-electron chi connectivity index (χ3n) is 3.87. The van der Waals surface area contributed by atoms with Crippen LogP contribution in [0.25, 0.3) is 0 Å². The van der Waals surface area contributed by atoms with Gasteiger partial charge in [0.05, 0.1) is 6.04 Å². The molecule has 0 aromatic heterocycles. The maximum absolute atomic E-state index is 13.9. The molecular formula is C16H16FNO. The molecule has 0 amide bonds. The molecule has 1 aliphatic rings. The third kappa shape index (κ3) is 2.00. The van der Waals surface area contributed by atoms with E-state index in [1.165, 1.54) is 6.07 Å². The van der Waals surface area contributed by atoms with Gasteiger partial charge in [0.25, 0.3) is 0 Å². The van der Waals surface area contributed by atoms with Crippen LogP contribution in [0.15, 0.2) is 48.5 Å². The number of benzene rings is 2. The first-order chi connectivity index (χ1) is 9.09. The Morgan fingerprint density at radius 1 is 1.16 bits per heavy atom. The van der Waals surface area contributed by atoms with Crippen LogP contribution < -0.4 is 5.32 Å². The standard InChI is InChI=1S/C16H16FNO/c1-16(19,12-7-3-4-8-13(12)17)15-10-11-6-2-5-9-14(11)18-15/h2-9,15,18-19H,10H2,1H3. The predicted molar refractivity (Wildman–Crippen MR) is 73.5 cm³/mol. The number of fused-ring (bicyclic) bond motifs is 1. The van der Waals surface area contributed by atoms with Crippen molar-refractivity contribution in [1.29, 1.82) is 0 Å². The van der Waals surface area contributed by atoms with Crippen molar-refractivity contribution in [2.75, 3.05) is 5.32 Å². The van der Waals surface area contributed by atoms with Crippen LogP contribution >= 0.6 is 0 Å². The first kappa shape index (κ1) is 12.2. The summed E-state index contributed by atoms with van der Waals surface area (Å²) >= 11 is 0. The van der Waals surface area contributed by atoms with E-state index in [0.29, 0.717) is 12.0 Å². The monoisotopic (exact) mass is 257 g/mol. The van der Waals surface area contributed by atoms with Gasteiger partial charge in [0.2, 0.25) is 0 Å². The third-order valence-corrected chi connectivity index (χ3v) is 3.87. The first-order valence-corrected chi connectivity index (χ1v) is 6.41. The minimum Gasteiger partial charge on any atom is -0.383 e. The van der Waals surface area contributed by atoms with Gasteiger partial charge in [0.15, 0.2) is 0 Å². The second-order valence-corrected chi connectivity index (χ2v) is 5.19. The molecule has 0 fully saturated rings. The summed E-state index contributed by atoms with van der Waals surface area (Å²) in [5.74, 6) is -0.370. The molecule has 0 aliphatic carbocycles. The SMILES string of the molecule is CC(O)(c1ccccc1F)C1Cc2ccccc2N1. The smallest absolute Gasteiger partial charge is 0.129 e. The fourth-order valence-electron chi connectivity index (χ4n) is 2.70. The van der Waals surface area contributed by atoms with Crippen molar-refractivity contribution in [1.82, 2.24) is 0 Å². The molecule has 0 saturated carbocycles. The predicted octanol–water partition coefficient (Wildman–Crippen LogP) is 3.07. The van der Waals surface area contributed by atoms with Gasteiger partial charge in [-0.15, -0.1) is 0 Å². The lowest BCUT2D eigenvalue weighted by Crippen LogP contribution is -2.41. The molecule has 2 atom stereocenters. The van der Waals surface area contributed by atoms with Gasteiger partial charge >= 0.3 is 0 Å². The number of hydrogen-bond donors (Lipinski definition) is 2. The van der Waals surface area contributed by atoms with Crippen molar-refractivity contribution in [3.8, 4) is 0 Å². The molecule has 2 aromatic carbocycles. The Morgan fingerprint density at radius 3 is 2.58 bits per heavy atom. The molecule has 1 heterocycles. The lowest BCUT2D eigenvalue weighted by Gasteiger charge is -2.31. The Hall–Kier alpha value is -1.87. The van der Waals surface area contributed by atoms with Crippen LogP contribution in [0.3, 0.4) is 0 Å². The second kappa shape index (κ2) is 4.35. The average Bonchev–Trinajstić information content (AvgIpc) is 2.83. The van der Waals surface area contributed by atoms with E-state index in [9.17, 15) is 9.50 Å². The lowest BCUT2D eigenvalue weighted by atomic mass is 9.86. The Labute approximate surface area is 111 Å². The van der Waals surface area contributed by atoms with Crippen LogP contribution in [0, 0.1) is 5.82 Å². The van der Waals surface area contributed by atoms with E-state index in [4.69, 9.17) is 0 Å². The average molecular weight is 257 g/mol. The lowest BCUT2D eigenvalue weighted by molar-refractivity contribution is 0.0346. The summed E-state index contributed by atoms with van der Waals surface area (Å²) in [7, 11) is 0. The quantitative estimate of drug-likeness (QED) is 0.866. The topological polar surface area (TPSA) is 32.3 Å². The largest absolute Gasteiger partial charge is 0.383 e. The van der Waals surface area contributed by atoms with E-state index >= 15 is 0 Å². The molecule has 0 spiro atoms. The van der Waals surface area contributed by atoms with Gasteiger partial charge in [0, 0.05) is 11.3 Å². The van der Waals surface area contributed by atoms with E-state index in [1.54, 1.807) is 25.1 Å². The van der Waals surface area contributed by atoms with Crippen molar-refractivity contribution in [3.05, 3.63) is 65.5 Å². The van der Waals surface area contributed by atoms with Crippen LogP contribution in [0.1, 0.15) is 18.1 Å². The van der Waals surface area contributed by atoms with Gasteiger partial charge in [-0.3, -0.25) is 0 Å². The van der Waals surface area contributed by atoms with E-state index in [0.717, 1.165) is 11.3 Å². The Morgan fingerprint density at radius 2 is 1.84 bits per heavy atom. The Kier molecular flexibility index (Phi) is 2.79. The zero-order valence-corrected chi connectivity index (χ0v) is 10.7. The molecule has 0 radical (unpaired) electrons. The molecule has 1 aliphatic heterocycles. The van der Waals surface area contributed by atoms with Gasteiger partial charge < -0.3 is 10.4 Å². The number of para-hydroxylation sites is 1. The molecule has 2 N–H and O–H groups in total. The van der Waals surface area contributed by atoms with Gasteiger partial charge in [-0.25, -0.2) is 4.39 Å². The summed E-state index contributed by atoms with van der Waals surface area (Å²) in [6.07, 6.45) is 0.692. The number of hydrogen-bond acceptors (Lipinski definition) is 2. The molecular weight excluding hydrogens is 241 g/mol. The van der Waals surface area contributed by atoms with Crippen LogP contribution in [0.2, 0.25) is 0 Å². The number of halogens is 1. The fraction of sp³-hybridized carbons (Fsp3) is 0.250. The van der Waals surface area contributed by atoms with Gasteiger partial charge in [0.1, 0.15) is 11.4 Å². The summed E-state index contributed by atoms with van der Waals surface area (Å²) in [6.45, 7) is 1.66. The van der Waals surface area contributed by atoms with Crippen molar-refractivity contribution >= 4 is 5.69 Å². The van der Waals surface area contributed by atoms with Gasteiger partial charge in [-0.2, -0.15) is 0 Å². The maximum atomic E-state index is 13.9. The fourth-order valence-corrected chi connectivity index (χ4v) is 2.70. The number of rotatable bonds is 2. The maximum Gasteiger partial charge on any atom is 0.129 e. The Balaban J connectivity index is 1.94. The van der Waals surface area contributed by atoms with Crippen LogP contribution in [0.5, 0.6) is 0 Å². The van der Waals surface area contributed by atoms with Crippen molar-refractivity contribution in [3.63, 3.8) is 0 Å². The summed E-state index contributed by atoms with van der Waals surface area (Å²) < 4.78 is 13.9. The molecule has 2 aromatic rings. The van der Waals surface area contributed by atoms with Crippen molar-refractivity contribution in [2.45, 2.75) is 25.0 Å². The molecule has 3 rings (SSSR count). The van der Waals surface area contributed by atoms with Crippen LogP contribution in [0.4, 0.5) is 10.1 Å². The second-order valence-electron chi connectivity index (χ2n) is 5.19. The highest BCUT2D eigenvalue weighted by atomic mass is 19.1. The van der Waals surface area contributed by atoms with E-state index in [2.05, 4.69) is 5.32 Å². The van der Waals surface area contributed by atoms with E-state index < -0.39 is 5.60 Å². The molecule has 0 saturated heterocycles. The number of aliphatic hydroxyl groups is 1. The first-order valence-electron chi connectivity index (χ1n) is 6.41. The molecule has 19 heavy (non-hydrogen) atoms. The molecule has 98 valence electrons. The summed E-state index contributed by atoms with van der Waals surface area (Å²) in [5, 5.41) is 14.0. The highest BCUT2D eigenvalue weighted by Gasteiger charge is 2.39. The molecule has 0 bridgehead atoms. The number of anilines is 1. The summed E-state index contributed by atoms with van der Waals surface area (Å²) in [4.78, 5) is 0. The van der Waals surface area contributed by atoms with Crippen molar-refractivity contribution < 1.29 is 9.50 Å². The minimum atomic E-state index is -1.25. The zero-order valence-electron chi connectivity index (χ0n) is 10.7. The van der Waals surface area contributed by atoms with Crippen LogP contribution in [-0.2, 0) is 12.0 Å². The van der Waals surface area contributed by atoms with Gasteiger partial charge in [-0.1, -0.05) is 36.4 Å². The normalized spacial score (nSPS) is 20.5. The molecule has 2 unspecified atom stereocenters. The highest BCUT2D eigenvalue weighted by Crippen LogP contribution is 2.36. The molecule has 2 nitrogen and oxygen atoms in total. The number of nitrogens with one attached hydrogen (secondary N) is 1. The molecule has 3 heteroatoms. The summed E-state index contributed by atoms with van der Waals surface area (Å²) in [6, 6.07) is 14.1. The van der Waals surface area contributed by atoms with Crippen molar-refractivity contribution in [2.24, 2.45) is 0 Å². The van der Waals surface area contributed by atoms with E-state index in [1.807, 2.05) is 24.3 Å². The summed E-state index contributed by atoms with van der Waals surface area (Å²) in [5.41, 5.74) is 1.26. The minimum absolute atomic E-state index is 0.221. The van der Waals surface area contributed by atoms with E-state index in [-0.39, 0.29) is 11.9 Å². The van der Waals surface area contributed by atoms with Crippen LogP contribution in [-0.4, -0.2) is 11.1 Å².